The van der Waals surface area contributed by atoms with Gasteiger partial charge in [0.2, 0.25) is 0 Å². The van der Waals surface area contributed by atoms with Crippen LogP contribution in [-0.2, 0) is 10.8 Å². The molecule has 0 unspecified atom stereocenters. The van der Waals surface area contributed by atoms with Crippen molar-refractivity contribution in [2.75, 3.05) is 4.90 Å². The lowest BCUT2D eigenvalue weighted by Crippen LogP contribution is -2.30. The van der Waals surface area contributed by atoms with E-state index in [2.05, 4.69) is 209 Å². The van der Waals surface area contributed by atoms with Gasteiger partial charge < -0.3 is 4.90 Å². The van der Waals surface area contributed by atoms with Crippen molar-refractivity contribution in [1.82, 2.24) is 0 Å². The van der Waals surface area contributed by atoms with Crippen LogP contribution < -0.4 is 4.90 Å². The summed E-state index contributed by atoms with van der Waals surface area (Å²) in [5, 5.41) is 7.51. The fourth-order valence-electron chi connectivity index (χ4n) is 10.0. The third-order valence-corrected chi connectivity index (χ3v) is 12.8. The van der Waals surface area contributed by atoms with Crippen molar-refractivity contribution in [2.24, 2.45) is 0 Å². The van der Waals surface area contributed by atoms with E-state index < -0.39 is 0 Å². The number of hydrogen-bond acceptors (Lipinski definition) is 1. The van der Waals surface area contributed by atoms with Crippen molar-refractivity contribution in [3.63, 3.8) is 0 Å². The first-order valence-corrected chi connectivity index (χ1v) is 19.5. The van der Waals surface area contributed by atoms with Crippen molar-refractivity contribution in [2.45, 2.75) is 38.5 Å². The highest BCUT2D eigenvalue weighted by molar-refractivity contribution is 6.23. The third-order valence-electron chi connectivity index (χ3n) is 12.8. The van der Waals surface area contributed by atoms with Gasteiger partial charge in [-0.25, -0.2) is 0 Å². The van der Waals surface area contributed by atoms with Gasteiger partial charge in [-0.1, -0.05) is 173 Å². The van der Waals surface area contributed by atoms with Crippen LogP contribution in [0.5, 0.6) is 0 Å². The maximum absolute atomic E-state index is 2.56. The first-order valence-electron chi connectivity index (χ1n) is 19.5. The number of rotatable bonds is 3. The molecule has 262 valence electrons. The third kappa shape index (κ3) is 4.53. The lowest BCUT2D eigenvalue weighted by atomic mass is 9.73. The summed E-state index contributed by atoms with van der Waals surface area (Å²) in [6.07, 6.45) is 0. The van der Waals surface area contributed by atoms with E-state index in [0.29, 0.717) is 0 Å². The Kier molecular flexibility index (Phi) is 6.72. The summed E-state index contributed by atoms with van der Waals surface area (Å²) in [6.45, 7) is 9.49. The summed E-state index contributed by atoms with van der Waals surface area (Å²) in [7, 11) is 0. The molecule has 0 atom stereocenters. The monoisotopic (exact) mass is 703 g/mol. The van der Waals surface area contributed by atoms with Crippen molar-refractivity contribution in [3.05, 3.63) is 198 Å². The molecule has 11 rings (SSSR count). The second kappa shape index (κ2) is 11.5. The number of fused-ring (bicyclic) bond motifs is 8. The van der Waals surface area contributed by atoms with Gasteiger partial charge in [-0.3, -0.25) is 0 Å². The molecule has 0 N–H and O–H groups in total. The van der Waals surface area contributed by atoms with E-state index in [-0.39, 0.29) is 10.8 Å². The molecular formula is C54H41N. The smallest absolute Gasteiger partial charge is 0.0619 e. The van der Waals surface area contributed by atoms with Gasteiger partial charge >= 0.3 is 0 Å². The lowest BCUT2D eigenvalue weighted by molar-refractivity contribution is 0.632. The van der Waals surface area contributed by atoms with Crippen molar-refractivity contribution >= 4 is 49.4 Å². The molecule has 9 aromatic rings. The molecule has 55 heavy (non-hydrogen) atoms. The maximum Gasteiger partial charge on any atom is 0.0619 e. The first-order chi connectivity index (χ1) is 26.8. The van der Waals surface area contributed by atoms with Gasteiger partial charge in [0.1, 0.15) is 0 Å². The average molecular weight is 704 g/mol. The number of benzene rings is 9. The minimum absolute atomic E-state index is 0.0994. The number of nitrogens with zero attached hydrogens (tertiary/aromatic N) is 1. The van der Waals surface area contributed by atoms with E-state index in [1.807, 2.05) is 0 Å². The Balaban J connectivity index is 1.25. The standard InChI is InChI=1S/C54H41N/c1-53(2)45-20-10-9-17-39(45)40-29-28-38(33-48(40)53)51-41-18-7-8-19-42(41)52(55-49-23-13-11-21-46(49)54(3,4)47-22-12-14-24-50(47)55)43-30-27-37(32-44(43)51)36-26-25-34-15-5-6-16-35(34)31-36/h5-33H,1-4H3. The van der Waals surface area contributed by atoms with Crippen LogP contribution in [0.25, 0.3) is 65.7 Å². The molecule has 0 saturated carbocycles. The Labute approximate surface area is 323 Å². The molecular weight excluding hydrogens is 663 g/mol. The molecule has 0 bridgehead atoms. The highest BCUT2D eigenvalue weighted by atomic mass is 15.2. The van der Waals surface area contributed by atoms with Crippen molar-refractivity contribution in [1.29, 1.82) is 0 Å². The summed E-state index contributed by atoms with van der Waals surface area (Å²) in [5.74, 6) is 0. The fraction of sp³-hybridized carbons (Fsp3) is 0.111. The number of para-hydroxylation sites is 2. The number of hydrogen-bond donors (Lipinski definition) is 0. The molecule has 0 spiro atoms. The van der Waals surface area contributed by atoms with Crippen molar-refractivity contribution in [3.8, 4) is 33.4 Å². The van der Waals surface area contributed by atoms with Gasteiger partial charge in [0, 0.05) is 21.6 Å². The Morgan fingerprint density at radius 2 is 0.873 bits per heavy atom. The van der Waals surface area contributed by atoms with Crippen LogP contribution in [-0.4, -0.2) is 0 Å². The Morgan fingerprint density at radius 1 is 0.345 bits per heavy atom. The molecule has 0 fully saturated rings. The summed E-state index contributed by atoms with van der Waals surface area (Å²) < 4.78 is 0. The predicted molar refractivity (Wildman–Crippen MR) is 234 cm³/mol. The predicted octanol–water partition coefficient (Wildman–Crippen LogP) is 14.9. The van der Waals surface area contributed by atoms with E-state index in [0.717, 1.165) is 0 Å². The molecule has 0 aromatic heterocycles. The largest absolute Gasteiger partial charge is 0.309 e. The molecule has 1 aliphatic heterocycles. The zero-order valence-electron chi connectivity index (χ0n) is 31.7. The fourth-order valence-corrected chi connectivity index (χ4v) is 10.0. The molecule has 1 aliphatic carbocycles. The minimum atomic E-state index is -0.146. The second-order valence-electron chi connectivity index (χ2n) is 16.5. The van der Waals surface area contributed by atoms with Gasteiger partial charge in [0.25, 0.3) is 0 Å². The van der Waals surface area contributed by atoms with Gasteiger partial charge in [0.05, 0.1) is 17.1 Å². The molecule has 1 heterocycles. The molecule has 9 aromatic carbocycles. The quantitative estimate of drug-likeness (QED) is 0.166. The Morgan fingerprint density at radius 3 is 1.64 bits per heavy atom. The zero-order chi connectivity index (χ0) is 37.1. The van der Waals surface area contributed by atoms with Crippen LogP contribution in [0, 0.1) is 0 Å². The van der Waals surface area contributed by atoms with Crippen LogP contribution in [0.2, 0.25) is 0 Å². The Hall–Kier alpha value is -6.44. The van der Waals surface area contributed by atoms with E-state index in [4.69, 9.17) is 0 Å². The second-order valence-corrected chi connectivity index (χ2v) is 16.5. The topological polar surface area (TPSA) is 3.24 Å². The lowest BCUT2D eigenvalue weighted by Gasteiger charge is -2.42. The Bertz CT molecular complexity index is 3000. The zero-order valence-corrected chi connectivity index (χ0v) is 31.7. The molecule has 0 amide bonds. The summed E-state index contributed by atoms with van der Waals surface area (Å²) in [4.78, 5) is 2.56. The average Bonchev–Trinajstić information content (AvgIpc) is 3.45. The maximum atomic E-state index is 2.56. The van der Waals surface area contributed by atoms with Gasteiger partial charge in [-0.2, -0.15) is 0 Å². The first kappa shape index (κ1) is 32.0. The van der Waals surface area contributed by atoms with Crippen LogP contribution in [0.3, 0.4) is 0 Å². The highest BCUT2D eigenvalue weighted by Gasteiger charge is 2.38. The molecule has 1 nitrogen and oxygen atoms in total. The summed E-state index contributed by atoms with van der Waals surface area (Å²) >= 11 is 0. The minimum Gasteiger partial charge on any atom is -0.309 e. The highest BCUT2D eigenvalue weighted by Crippen LogP contribution is 2.56. The van der Waals surface area contributed by atoms with Gasteiger partial charge in [0.15, 0.2) is 0 Å². The normalized spacial score (nSPS) is 14.8. The van der Waals surface area contributed by atoms with Crippen molar-refractivity contribution < 1.29 is 0 Å². The van der Waals surface area contributed by atoms with E-state index >= 15 is 0 Å². The molecule has 2 aliphatic rings. The molecule has 0 saturated heterocycles. The van der Waals surface area contributed by atoms with Crippen LogP contribution in [0.4, 0.5) is 17.1 Å². The summed E-state index contributed by atoms with van der Waals surface area (Å²) in [6, 6.07) is 66.0. The van der Waals surface area contributed by atoms with E-state index in [1.54, 1.807) is 0 Å². The number of anilines is 3. The van der Waals surface area contributed by atoms with Crippen LogP contribution in [0.1, 0.15) is 49.9 Å². The van der Waals surface area contributed by atoms with E-state index in [9.17, 15) is 0 Å². The summed E-state index contributed by atoms with van der Waals surface area (Å²) in [5.41, 5.74) is 16.6. The molecule has 1 heteroatoms. The van der Waals surface area contributed by atoms with Gasteiger partial charge in [-0.15, -0.1) is 0 Å². The molecule has 0 radical (unpaired) electrons. The van der Waals surface area contributed by atoms with Crippen LogP contribution >= 0.6 is 0 Å². The van der Waals surface area contributed by atoms with Crippen LogP contribution in [0.15, 0.2) is 176 Å². The van der Waals surface area contributed by atoms with Gasteiger partial charge in [-0.05, 0) is 108 Å². The SMILES string of the molecule is CC1(C)c2ccccc2-c2ccc(-c3c4ccccc4c(N4c5ccccc5C(C)(C)c5ccccc54)c4ccc(-c5ccc6ccccc6c5)cc34)cc21. The van der Waals surface area contributed by atoms with E-state index in [1.165, 1.54) is 105 Å².